The van der Waals surface area contributed by atoms with E-state index in [0.717, 1.165) is 25.8 Å². The molecule has 1 rings (SSSR count). The minimum atomic E-state index is -0.442. The van der Waals surface area contributed by atoms with Crippen molar-refractivity contribution in [3.05, 3.63) is 0 Å². The topological polar surface area (TPSA) is 61.4 Å². The van der Waals surface area contributed by atoms with Gasteiger partial charge in [-0.15, -0.1) is 12.4 Å². The molecule has 2 N–H and O–H groups in total. The predicted molar refractivity (Wildman–Crippen MR) is 78.4 cm³/mol. The van der Waals surface area contributed by atoms with Crippen molar-refractivity contribution in [3.8, 4) is 0 Å². The molecule has 1 aliphatic heterocycles. The monoisotopic (exact) mass is 291 g/mol. The standard InChI is InChI=1S/C13H25N3O2.ClH/c1-4-13(8-7-9-15-13)12(18)16(6-3)10-11(17)14-5-2;/h15H,4-10H2,1-3H3,(H,14,17);1H. The van der Waals surface area contributed by atoms with Crippen LogP contribution >= 0.6 is 12.4 Å². The molecule has 0 aromatic carbocycles. The molecule has 1 saturated heterocycles. The summed E-state index contributed by atoms with van der Waals surface area (Å²) in [5, 5.41) is 6.05. The smallest absolute Gasteiger partial charge is 0.243 e. The second kappa shape index (κ2) is 8.38. The molecule has 1 aliphatic rings. The summed E-state index contributed by atoms with van der Waals surface area (Å²) >= 11 is 0. The van der Waals surface area contributed by atoms with Crippen molar-refractivity contribution >= 4 is 24.2 Å². The average molecular weight is 292 g/mol. The van der Waals surface area contributed by atoms with Gasteiger partial charge in [0.05, 0.1) is 12.1 Å². The van der Waals surface area contributed by atoms with Crippen LogP contribution in [0.15, 0.2) is 0 Å². The first-order valence-electron chi connectivity index (χ1n) is 6.90. The summed E-state index contributed by atoms with van der Waals surface area (Å²) in [5.41, 5.74) is -0.442. The number of rotatable bonds is 6. The molecule has 1 fully saturated rings. The van der Waals surface area contributed by atoms with Gasteiger partial charge in [0.1, 0.15) is 0 Å². The summed E-state index contributed by atoms with van der Waals surface area (Å²) in [4.78, 5) is 25.8. The fourth-order valence-corrected chi connectivity index (χ4v) is 2.50. The van der Waals surface area contributed by atoms with Crippen molar-refractivity contribution in [1.82, 2.24) is 15.5 Å². The molecule has 1 unspecified atom stereocenters. The van der Waals surface area contributed by atoms with Gasteiger partial charge in [0.25, 0.3) is 0 Å². The summed E-state index contributed by atoms with van der Waals surface area (Å²) in [7, 11) is 0. The number of carbonyl (C=O) groups excluding carboxylic acids is 2. The van der Waals surface area contributed by atoms with Crippen LogP contribution in [0.4, 0.5) is 0 Å². The molecular weight excluding hydrogens is 266 g/mol. The number of nitrogens with one attached hydrogen (secondary N) is 2. The van der Waals surface area contributed by atoms with Crippen molar-refractivity contribution in [3.63, 3.8) is 0 Å². The Labute approximate surface area is 121 Å². The summed E-state index contributed by atoms with van der Waals surface area (Å²) in [5.74, 6) is -0.0202. The first-order chi connectivity index (χ1) is 8.59. The largest absolute Gasteiger partial charge is 0.355 e. The summed E-state index contributed by atoms with van der Waals surface area (Å²) in [6, 6.07) is 0. The number of likely N-dealkylation sites (N-methyl/N-ethyl adjacent to an activating group) is 2. The predicted octanol–water partition coefficient (Wildman–Crippen LogP) is 0.925. The van der Waals surface area contributed by atoms with E-state index >= 15 is 0 Å². The van der Waals surface area contributed by atoms with E-state index in [1.54, 1.807) is 4.90 Å². The van der Waals surface area contributed by atoms with Gasteiger partial charge in [0, 0.05) is 13.1 Å². The molecule has 0 radical (unpaired) electrons. The number of hydrogen-bond acceptors (Lipinski definition) is 3. The van der Waals surface area contributed by atoms with E-state index in [1.165, 1.54) is 0 Å². The van der Waals surface area contributed by atoms with E-state index in [0.29, 0.717) is 13.1 Å². The maximum atomic E-state index is 12.6. The van der Waals surface area contributed by atoms with Crippen LogP contribution in [-0.4, -0.2) is 48.4 Å². The van der Waals surface area contributed by atoms with Crippen molar-refractivity contribution < 1.29 is 9.59 Å². The minimum Gasteiger partial charge on any atom is -0.355 e. The highest BCUT2D eigenvalue weighted by Crippen LogP contribution is 2.25. The van der Waals surface area contributed by atoms with Gasteiger partial charge in [-0.2, -0.15) is 0 Å². The lowest BCUT2D eigenvalue weighted by atomic mass is 9.92. The Morgan fingerprint density at radius 3 is 2.42 bits per heavy atom. The molecule has 6 heteroatoms. The Kier molecular flexibility index (Phi) is 8.02. The van der Waals surface area contributed by atoms with Gasteiger partial charge < -0.3 is 15.5 Å². The average Bonchev–Trinajstić information content (AvgIpc) is 2.85. The number of halogens is 1. The summed E-state index contributed by atoms with van der Waals surface area (Å²) < 4.78 is 0. The van der Waals surface area contributed by atoms with E-state index in [2.05, 4.69) is 10.6 Å². The Morgan fingerprint density at radius 2 is 2.00 bits per heavy atom. The second-order valence-corrected chi connectivity index (χ2v) is 4.74. The first kappa shape index (κ1) is 18.2. The van der Waals surface area contributed by atoms with Gasteiger partial charge in [-0.05, 0) is 39.7 Å². The number of nitrogens with zero attached hydrogens (tertiary/aromatic N) is 1. The van der Waals surface area contributed by atoms with Crippen LogP contribution in [-0.2, 0) is 9.59 Å². The van der Waals surface area contributed by atoms with Crippen molar-refractivity contribution in [2.24, 2.45) is 0 Å². The zero-order valence-electron chi connectivity index (χ0n) is 12.1. The minimum absolute atomic E-state index is 0. The summed E-state index contributed by atoms with van der Waals surface area (Å²) in [6.07, 6.45) is 2.67. The first-order valence-corrected chi connectivity index (χ1v) is 6.90. The van der Waals surface area contributed by atoms with Crippen molar-refractivity contribution in [1.29, 1.82) is 0 Å². The molecule has 112 valence electrons. The highest BCUT2D eigenvalue weighted by molar-refractivity contribution is 5.90. The van der Waals surface area contributed by atoms with Crippen LogP contribution in [0.5, 0.6) is 0 Å². The Morgan fingerprint density at radius 1 is 1.32 bits per heavy atom. The Bertz CT molecular complexity index is 304. The van der Waals surface area contributed by atoms with Crippen LogP contribution in [0.3, 0.4) is 0 Å². The third-order valence-electron chi connectivity index (χ3n) is 3.63. The van der Waals surface area contributed by atoms with E-state index in [-0.39, 0.29) is 30.8 Å². The zero-order valence-corrected chi connectivity index (χ0v) is 12.9. The Hall–Kier alpha value is -0.810. The lowest BCUT2D eigenvalue weighted by Crippen LogP contribution is -2.56. The second-order valence-electron chi connectivity index (χ2n) is 4.74. The highest BCUT2D eigenvalue weighted by atomic mass is 35.5. The Balaban J connectivity index is 0.00000324. The van der Waals surface area contributed by atoms with Gasteiger partial charge >= 0.3 is 0 Å². The van der Waals surface area contributed by atoms with Crippen LogP contribution in [0.2, 0.25) is 0 Å². The lowest BCUT2D eigenvalue weighted by molar-refractivity contribution is -0.141. The van der Waals surface area contributed by atoms with Crippen LogP contribution < -0.4 is 10.6 Å². The molecule has 0 aromatic heterocycles. The number of amides is 2. The molecular formula is C13H26ClN3O2. The normalized spacial score (nSPS) is 21.6. The third kappa shape index (κ3) is 4.35. The van der Waals surface area contributed by atoms with Gasteiger partial charge in [-0.3, -0.25) is 9.59 Å². The van der Waals surface area contributed by atoms with Crippen molar-refractivity contribution in [2.75, 3.05) is 26.2 Å². The molecule has 0 bridgehead atoms. The van der Waals surface area contributed by atoms with Gasteiger partial charge in [-0.25, -0.2) is 0 Å². The molecule has 5 nitrogen and oxygen atoms in total. The molecule has 0 aromatic rings. The van der Waals surface area contributed by atoms with E-state index < -0.39 is 5.54 Å². The summed E-state index contributed by atoms with van der Waals surface area (Å²) in [6.45, 7) is 8.03. The molecule has 2 amide bonds. The van der Waals surface area contributed by atoms with Crippen LogP contribution in [0, 0.1) is 0 Å². The van der Waals surface area contributed by atoms with Crippen LogP contribution in [0.25, 0.3) is 0 Å². The molecule has 0 saturated carbocycles. The van der Waals surface area contributed by atoms with E-state index in [9.17, 15) is 9.59 Å². The fourth-order valence-electron chi connectivity index (χ4n) is 2.50. The molecule has 19 heavy (non-hydrogen) atoms. The molecule has 1 heterocycles. The quantitative estimate of drug-likeness (QED) is 0.765. The number of carbonyl (C=O) groups is 2. The maximum Gasteiger partial charge on any atom is 0.243 e. The third-order valence-corrected chi connectivity index (χ3v) is 3.63. The van der Waals surface area contributed by atoms with Gasteiger partial charge in [0.2, 0.25) is 11.8 Å². The van der Waals surface area contributed by atoms with Crippen molar-refractivity contribution in [2.45, 2.75) is 45.6 Å². The fraction of sp³-hybridized carbons (Fsp3) is 0.846. The van der Waals surface area contributed by atoms with E-state index in [1.807, 2.05) is 20.8 Å². The lowest BCUT2D eigenvalue weighted by Gasteiger charge is -2.33. The zero-order chi connectivity index (χ0) is 13.6. The van der Waals surface area contributed by atoms with Gasteiger partial charge in [-0.1, -0.05) is 6.92 Å². The number of hydrogen-bond donors (Lipinski definition) is 2. The maximum absolute atomic E-state index is 12.6. The molecule has 1 atom stereocenters. The van der Waals surface area contributed by atoms with Crippen LogP contribution in [0.1, 0.15) is 40.0 Å². The highest BCUT2D eigenvalue weighted by Gasteiger charge is 2.41. The molecule has 0 spiro atoms. The molecule has 0 aliphatic carbocycles. The van der Waals surface area contributed by atoms with Gasteiger partial charge in [0.15, 0.2) is 0 Å². The SMILES string of the molecule is CCNC(=O)CN(CC)C(=O)C1(CC)CCCN1.Cl. The van der Waals surface area contributed by atoms with E-state index in [4.69, 9.17) is 0 Å².